The fraction of sp³-hybridized carbons (Fsp3) is 0.917. The lowest BCUT2D eigenvalue weighted by Crippen LogP contribution is -2.35. The first-order valence-electron chi connectivity index (χ1n) is 6.02. The minimum absolute atomic E-state index is 0.217. The van der Waals surface area contributed by atoms with Gasteiger partial charge in [0.2, 0.25) is 5.91 Å². The van der Waals surface area contributed by atoms with Crippen LogP contribution >= 0.6 is 0 Å². The van der Waals surface area contributed by atoms with E-state index >= 15 is 0 Å². The molecule has 2 fully saturated rings. The molecule has 3 nitrogen and oxygen atoms in total. The highest BCUT2D eigenvalue weighted by molar-refractivity contribution is 5.79. The molecule has 1 amide bonds. The Kier molecular flexibility index (Phi) is 2.75. The smallest absolute Gasteiger partial charge is 0.225 e. The second kappa shape index (κ2) is 3.78. The highest BCUT2D eigenvalue weighted by atomic mass is 16.2. The van der Waals surface area contributed by atoms with Crippen LogP contribution in [0.5, 0.6) is 0 Å². The van der Waals surface area contributed by atoms with E-state index in [0.717, 1.165) is 38.8 Å². The van der Waals surface area contributed by atoms with Crippen LogP contribution in [-0.4, -0.2) is 29.9 Å². The Morgan fingerprint density at radius 3 is 2.60 bits per heavy atom. The molecule has 3 heteroatoms. The fourth-order valence-corrected chi connectivity index (χ4v) is 2.80. The molecule has 1 heterocycles. The summed E-state index contributed by atoms with van der Waals surface area (Å²) < 4.78 is 0. The molecular weight excluding hydrogens is 188 g/mol. The van der Waals surface area contributed by atoms with Gasteiger partial charge in [-0.05, 0) is 31.1 Å². The van der Waals surface area contributed by atoms with Crippen LogP contribution in [0.1, 0.15) is 39.5 Å². The van der Waals surface area contributed by atoms with Crippen LogP contribution in [0.4, 0.5) is 0 Å². The number of hydrogen-bond donors (Lipinski definition) is 1. The number of nitrogens with two attached hydrogens (primary N) is 1. The Morgan fingerprint density at radius 2 is 2.13 bits per heavy atom. The molecule has 2 rings (SSSR count). The van der Waals surface area contributed by atoms with Gasteiger partial charge in [0.1, 0.15) is 0 Å². The summed E-state index contributed by atoms with van der Waals surface area (Å²) in [6.07, 6.45) is 4.05. The Balaban J connectivity index is 1.92. The molecule has 2 aliphatic rings. The van der Waals surface area contributed by atoms with Crippen molar-refractivity contribution in [2.45, 2.75) is 45.6 Å². The van der Waals surface area contributed by atoms with Gasteiger partial charge < -0.3 is 10.6 Å². The molecule has 15 heavy (non-hydrogen) atoms. The van der Waals surface area contributed by atoms with Crippen LogP contribution in [-0.2, 0) is 4.79 Å². The first-order chi connectivity index (χ1) is 6.98. The molecule has 2 atom stereocenters. The largest absolute Gasteiger partial charge is 0.342 e. The van der Waals surface area contributed by atoms with E-state index in [1.807, 2.05) is 4.90 Å². The molecule has 86 valence electrons. The van der Waals surface area contributed by atoms with E-state index in [0.29, 0.717) is 11.3 Å². The molecule has 1 aliphatic heterocycles. The van der Waals surface area contributed by atoms with E-state index in [2.05, 4.69) is 13.8 Å². The van der Waals surface area contributed by atoms with Crippen LogP contribution < -0.4 is 5.73 Å². The first kappa shape index (κ1) is 10.9. The summed E-state index contributed by atoms with van der Waals surface area (Å²) in [5, 5.41) is 0. The minimum Gasteiger partial charge on any atom is -0.342 e. The minimum atomic E-state index is 0.217. The van der Waals surface area contributed by atoms with Gasteiger partial charge >= 0.3 is 0 Å². The zero-order chi connectivity index (χ0) is 11.1. The van der Waals surface area contributed by atoms with Crippen LogP contribution in [0, 0.1) is 11.3 Å². The fourth-order valence-electron chi connectivity index (χ4n) is 2.80. The molecule has 0 spiro atoms. The molecule has 0 aromatic rings. The maximum atomic E-state index is 12.2. The molecule has 0 radical (unpaired) electrons. The van der Waals surface area contributed by atoms with Crippen molar-refractivity contribution >= 4 is 5.91 Å². The van der Waals surface area contributed by atoms with Gasteiger partial charge in [-0.25, -0.2) is 0 Å². The van der Waals surface area contributed by atoms with Crippen LogP contribution in [0.15, 0.2) is 0 Å². The van der Waals surface area contributed by atoms with Gasteiger partial charge in [0.15, 0.2) is 0 Å². The maximum Gasteiger partial charge on any atom is 0.225 e. The van der Waals surface area contributed by atoms with Gasteiger partial charge in [-0.2, -0.15) is 0 Å². The number of rotatable bonds is 1. The van der Waals surface area contributed by atoms with Crippen molar-refractivity contribution in [3.8, 4) is 0 Å². The van der Waals surface area contributed by atoms with Crippen molar-refractivity contribution in [2.75, 3.05) is 13.1 Å². The molecule has 1 aliphatic carbocycles. The monoisotopic (exact) mass is 210 g/mol. The highest BCUT2D eigenvalue weighted by Gasteiger charge is 2.37. The van der Waals surface area contributed by atoms with Crippen LogP contribution in [0.25, 0.3) is 0 Å². The number of nitrogens with zero attached hydrogens (tertiary/aromatic N) is 1. The lowest BCUT2D eigenvalue weighted by Gasteiger charge is -2.22. The van der Waals surface area contributed by atoms with Gasteiger partial charge in [0, 0.05) is 25.0 Å². The van der Waals surface area contributed by atoms with Crippen molar-refractivity contribution in [1.29, 1.82) is 0 Å². The molecule has 2 N–H and O–H groups in total. The summed E-state index contributed by atoms with van der Waals surface area (Å²) in [4.78, 5) is 14.2. The van der Waals surface area contributed by atoms with Crippen molar-refractivity contribution < 1.29 is 4.79 Å². The number of hydrogen-bond acceptors (Lipinski definition) is 2. The van der Waals surface area contributed by atoms with E-state index < -0.39 is 0 Å². The van der Waals surface area contributed by atoms with E-state index in [1.165, 1.54) is 0 Å². The predicted molar refractivity (Wildman–Crippen MR) is 60.3 cm³/mol. The van der Waals surface area contributed by atoms with Crippen molar-refractivity contribution in [1.82, 2.24) is 4.90 Å². The third-order valence-electron chi connectivity index (χ3n) is 3.81. The number of carbonyl (C=O) groups excluding carboxylic acids is 1. The van der Waals surface area contributed by atoms with Gasteiger partial charge in [-0.1, -0.05) is 13.8 Å². The third kappa shape index (κ3) is 2.33. The summed E-state index contributed by atoms with van der Waals surface area (Å²) in [7, 11) is 0. The van der Waals surface area contributed by atoms with E-state index in [1.54, 1.807) is 0 Å². The normalized spacial score (nSPS) is 34.7. The Morgan fingerprint density at radius 1 is 1.40 bits per heavy atom. The summed E-state index contributed by atoms with van der Waals surface area (Å²) in [5.41, 5.74) is 6.16. The molecule has 1 saturated carbocycles. The summed E-state index contributed by atoms with van der Waals surface area (Å²) >= 11 is 0. The van der Waals surface area contributed by atoms with Crippen molar-refractivity contribution in [3.05, 3.63) is 0 Å². The predicted octanol–water partition coefficient (Wildman–Crippen LogP) is 1.37. The number of amides is 1. The van der Waals surface area contributed by atoms with Gasteiger partial charge in [0.05, 0.1) is 0 Å². The summed E-state index contributed by atoms with van der Waals surface area (Å²) in [6.45, 7) is 6.34. The van der Waals surface area contributed by atoms with Gasteiger partial charge in [0.25, 0.3) is 0 Å². The van der Waals surface area contributed by atoms with Crippen molar-refractivity contribution in [3.63, 3.8) is 0 Å². The quantitative estimate of drug-likeness (QED) is 0.710. The van der Waals surface area contributed by atoms with Crippen LogP contribution in [0.3, 0.4) is 0 Å². The summed E-state index contributed by atoms with van der Waals surface area (Å²) in [6, 6.07) is 0.259. The molecular formula is C12H22N2O. The number of likely N-dealkylation sites (tertiary alicyclic amines) is 1. The SMILES string of the molecule is CC1(C)CCN(C(=O)C2CCC(N)C2)C1. The van der Waals surface area contributed by atoms with Crippen LogP contribution in [0.2, 0.25) is 0 Å². The second-order valence-corrected chi connectivity index (χ2v) is 5.94. The topological polar surface area (TPSA) is 46.3 Å². The standard InChI is InChI=1S/C12H22N2O/c1-12(2)5-6-14(8-12)11(15)9-3-4-10(13)7-9/h9-10H,3-8,13H2,1-2H3. The zero-order valence-corrected chi connectivity index (χ0v) is 9.83. The average molecular weight is 210 g/mol. The summed E-state index contributed by atoms with van der Waals surface area (Å²) in [5.74, 6) is 0.572. The molecule has 0 bridgehead atoms. The highest BCUT2D eigenvalue weighted by Crippen LogP contribution is 2.32. The average Bonchev–Trinajstić information content (AvgIpc) is 2.71. The molecule has 2 unspecified atom stereocenters. The first-order valence-corrected chi connectivity index (χ1v) is 6.02. The Hall–Kier alpha value is -0.570. The van der Waals surface area contributed by atoms with E-state index in [-0.39, 0.29) is 12.0 Å². The molecule has 0 aromatic carbocycles. The molecule has 0 aromatic heterocycles. The Labute approximate surface area is 92.0 Å². The van der Waals surface area contributed by atoms with Gasteiger partial charge in [-0.3, -0.25) is 4.79 Å². The number of carbonyl (C=O) groups is 1. The second-order valence-electron chi connectivity index (χ2n) is 5.94. The zero-order valence-electron chi connectivity index (χ0n) is 9.83. The Bertz CT molecular complexity index is 262. The lowest BCUT2D eigenvalue weighted by atomic mass is 9.93. The van der Waals surface area contributed by atoms with E-state index in [4.69, 9.17) is 5.73 Å². The van der Waals surface area contributed by atoms with Gasteiger partial charge in [-0.15, -0.1) is 0 Å². The molecule has 1 saturated heterocycles. The third-order valence-corrected chi connectivity index (χ3v) is 3.81. The van der Waals surface area contributed by atoms with E-state index in [9.17, 15) is 4.79 Å². The lowest BCUT2D eigenvalue weighted by molar-refractivity contribution is -0.134. The van der Waals surface area contributed by atoms with Crippen molar-refractivity contribution in [2.24, 2.45) is 17.1 Å². The maximum absolute atomic E-state index is 12.2.